The van der Waals surface area contributed by atoms with E-state index in [1.54, 1.807) is 0 Å². The monoisotopic (exact) mass is 274 g/mol. The van der Waals surface area contributed by atoms with Crippen molar-refractivity contribution in [3.8, 4) is 5.75 Å². The summed E-state index contributed by atoms with van der Waals surface area (Å²) in [5.41, 5.74) is 2.64. The second-order valence-corrected chi connectivity index (χ2v) is 6.37. The van der Waals surface area contributed by atoms with Crippen molar-refractivity contribution in [3.63, 3.8) is 0 Å². The van der Waals surface area contributed by atoms with E-state index in [-0.39, 0.29) is 5.60 Å². The zero-order valence-corrected chi connectivity index (χ0v) is 12.7. The predicted octanol–water partition coefficient (Wildman–Crippen LogP) is 3.30. The molecule has 1 saturated heterocycles. The van der Waals surface area contributed by atoms with Gasteiger partial charge in [-0.3, -0.25) is 4.90 Å². The number of nitrogens with one attached hydrogen (secondary N) is 1. The third kappa shape index (κ3) is 2.93. The first-order valence-electron chi connectivity index (χ1n) is 7.97. The highest BCUT2D eigenvalue weighted by molar-refractivity contribution is 5.56. The molecule has 2 aliphatic rings. The van der Waals surface area contributed by atoms with Crippen molar-refractivity contribution in [1.82, 2.24) is 4.90 Å². The van der Waals surface area contributed by atoms with Crippen molar-refractivity contribution < 1.29 is 4.74 Å². The molecule has 1 N–H and O–H groups in total. The highest BCUT2D eigenvalue weighted by atomic mass is 16.5. The number of likely N-dealkylation sites (tertiary alicyclic amines) is 1. The third-order valence-electron chi connectivity index (χ3n) is 4.57. The Balaban J connectivity index is 1.73. The number of hydrogen-bond donors (Lipinski definition) is 1. The van der Waals surface area contributed by atoms with E-state index in [1.165, 1.54) is 37.1 Å². The first-order chi connectivity index (χ1) is 9.68. The molecule has 0 spiro atoms. The fourth-order valence-electron chi connectivity index (χ4n) is 3.45. The maximum absolute atomic E-state index is 6.36. The fourth-order valence-corrected chi connectivity index (χ4v) is 3.45. The number of aryl methyl sites for hydroxylation is 1. The average molecular weight is 274 g/mol. The van der Waals surface area contributed by atoms with E-state index in [0.29, 0.717) is 0 Å². The van der Waals surface area contributed by atoms with E-state index < -0.39 is 0 Å². The molecular weight excluding hydrogens is 248 g/mol. The van der Waals surface area contributed by atoms with E-state index in [0.717, 1.165) is 31.8 Å². The van der Waals surface area contributed by atoms with E-state index in [1.807, 2.05) is 0 Å². The van der Waals surface area contributed by atoms with Crippen LogP contribution in [0.4, 0.5) is 5.69 Å². The highest BCUT2D eigenvalue weighted by Gasteiger charge is 2.32. The Morgan fingerprint density at radius 2 is 2.25 bits per heavy atom. The van der Waals surface area contributed by atoms with Gasteiger partial charge < -0.3 is 10.1 Å². The molecular formula is C17H26N2O. The van der Waals surface area contributed by atoms with Gasteiger partial charge in [0.25, 0.3) is 0 Å². The molecule has 0 saturated carbocycles. The van der Waals surface area contributed by atoms with Gasteiger partial charge in [0.05, 0.1) is 0 Å². The molecule has 3 nitrogen and oxygen atoms in total. The molecule has 1 aromatic carbocycles. The number of rotatable bonds is 3. The second kappa shape index (κ2) is 5.65. The third-order valence-corrected chi connectivity index (χ3v) is 4.57. The fraction of sp³-hybridized carbons (Fsp3) is 0.647. The van der Waals surface area contributed by atoms with Crippen LogP contribution in [-0.2, 0) is 6.42 Å². The maximum atomic E-state index is 6.36. The molecule has 1 atom stereocenters. The van der Waals surface area contributed by atoms with Crippen LogP contribution in [0.25, 0.3) is 0 Å². The lowest BCUT2D eigenvalue weighted by Crippen LogP contribution is -2.49. The quantitative estimate of drug-likeness (QED) is 0.915. The van der Waals surface area contributed by atoms with E-state index in [2.05, 4.69) is 42.3 Å². The van der Waals surface area contributed by atoms with E-state index in [9.17, 15) is 0 Å². The molecule has 0 radical (unpaired) electrons. The van der Waals surface area contributed by atoms with Crippen LogP contribution in [0.3, 0.4) is 0 Å². The normalized spacial score (nSPS) is 26.7. The first kappa shape index (κ1) is 13.7. The van der Waals surface area contributed by atoms with Crippen molar-refractivity contribution in [2.75, 3.05) is 31.5 Å². The first-order valence-corrected chi connectivity index (χ1v) is 7.97. The van der Waals surface area contributed by atoms with Crippen molar-refractivity contribution in [2.45, 2.75) is 45.1 Å². The van der Waals surface area contributed by atoms with Gasteiger partial charge in [0.1, 0.15) is 11.4 Å². The molecule has 1 unspecified atom stereocenters. The van der Waals surface area contributed by atoms with Crippen molar-refractivity contribution in [1.29, 1.82) is 0 Å². The lowest BCUT2D eigenvalue weighted by molar-refractivity contribution is 0.00790. The Morgan fingerprint density at radius 3 is 3.10 bits per heavy atom. The van der Waals surface area contributed by atoms with E-state index in [4.69, 9.17) is 4.74 Å². The largest absolute Gasteiger partial charge is 0.486 e. The van der Waals surface area contributed by atoms with Gasteiger partial charge in [-0.2, -0.15) is 0 Å². The Hall–Kier alpha value is -1.22. The highest BCUT2D eigenvalue weighted by Crippen LogP contribution is 2.31. The summed E-state index contributed by atoms with van der Waals surface area (Å²) in [7, 11) is 0. The number of hydrogen-bond acceptors (Lipinski definition) is 3. The molecule has 3 rings (SSSR count). The minimum Gasteiger partial charge on any atom is -0.486 e. The van der Waals surface area contributed by atoms with Gasteiger partial charge in [0.15, 0.2) is 0 Å². The van der Waals surface area contributed by atoms with Crippen LogP contribution < -0.4 is 10.1 Å². The minimum absolute atomic E-state index is 0.0445. The number of nitrogens with zero attached hydrogens (tertiary/aromatic N) is 1. The van der Waals surface area contributed by atoms with Crippen molar-refractivity contribution in [3.05, 3.63) is 23.8 Å². The molecule has 2 aliphatic heterocycles. The summed E-state index contributed by atoms with van der Waals surface area (Å²) >= 11 is 0. The average Bonchev–Trinajstić information content (AvgIpc) is 2.46. The van der Waals surface area contributed by atoms with Crippen molar-refractivity contribution in [2.24, 2.45) is 0 Å². The summed E-state index contributed by atoms with van der Waals surface area (Å²) in [6, 6.07) is 6.55. The molecule has 0 amide bonds. The molecule has 0 bridgehead atoms. The summed E-state index contributed by atoms with van der Waals surface area (Å²) in [5.74, 6) is 1.01. The van der Waals surface area contributed by atoms with E-state index >= 15 is 0 Å². The van der Waals surface area contributed by atoms with Crippen LogP contribution in [-0.4, -0.2) is 36.7 Å². The number of benzene rings is 1. The van der Waals surface area contributed by atoms with Gasteiger partial charge in [-0.15, -0.1) is 0 Å². The smallest absolute Gasteiger partial charge is 0.122 e. The summed E-state index contributed by atoms with van der Waals surface area (Å²) in [5, 5.41) is 3.48. The number of anilines is 1. The summed E-state index contributed by atoms with van der Waals surface area (Å²) in [6.07, 6.45) is 4.79. The van der Waals surface area contributed by atoms with Gasteiger partial charge in [-0.05, 0) is 57.3 Å². The number of fused-ring (bicyclic) bond motifs is 1. The summed E-state index contributed by atoms with van der Waals surface area (Å²) in [6.45, 7) is 8.92. The lowest BCUT2D eigenvalue weighted by atomic mass is 9.94. The molecule has 0 aliphatic carbocycles. The Bertz CT molecular complexity index is 474. The molecule has 3 heteroatoms. The molecule has 2 heterocycles. The van der Waals surface area contributed by atoms with Crippen LogP contribution in [0.5, 0.6) is 5.75 Å². The topological polar surface area (TPSA) is 24.5 Å². The van der Waals surface area contributed by atoms with Crippen LogP contribution in [0.1, 0.15) is 38.7 Å². The standard InChI is InChI=1S/C17H26N2O/c1-3-19-11-5-9-17(2,13-19)20-15-8-7-14-6-4-10-18-16(14)12-15/h7-8,12,18H,3-6,9-11,13H2,1-2H3. The van der Waals surface area contributed by atoms with Gasteiger partial charge in [0, 0.05) is 24.8 Å². The number of piperidine rings is 1. The number of ether oxygens (including phenoxy) is 1. The van der Waals surface area contributed by atoms with Gasteiger partial charge in [-0.1, -0.05) is 13.0 Å². The van der Waals surface area contributed by atoms with Gasteiger partial charge in [-0.25, -0.2) is 0 Å². The van der Waals surface area contributed by atoms with Crippen molar-refractivity contribution >= 4 is 5.69 Å². The number of likely N-dealkylation sites (N-methyl/N-ethyl adjacent to an activating group) is 1. The Kier molecular flexibility index (Phi) is 3.88. The predicted molar refractivity (Wildman–Crippen MR) is 83.6 cm³/mol. The van der Waals surface area contributed by atoms with Crippen LogP contribution >= 0.6 is 0 Å². The van der Waals surface area contributed by atoms with Crippen LogP contribution in [0.15, 0.2) is 18.2 Å². The summed E-state index contributed by atoms with van der Waals surface area (Å²) in [4.78, 5) is 2.49. The zero-order chi connectivity index (χ0) is 14.0. The lowest BCUT2D eigenvalue weighted by Gasteiger charge is -2.40. The Morgan fingerprint density at radius 1 is 1.35 bits per heavy atom. The zero-order valence-electron chi connectivity index (χ0n) is 12.7. The maximum Gasteiger partial charge on any atom is 0.122 e. The molecule has 1 fully saturated rings. The van der Waals surface area contributed by atoms with Gasteiger partial charge >= 0.3 is 0 Å². The Labute approximate surface area is 122 Å². The summed E-state index contributed by atoms with van der Waals surface area (Å²) < 4.78 is 6.36. The molecule has 110 valence electrons. The second-order valence-electron chi connectivity index (χ2n) is 6.37. The molecule has 20 heavy (non-hydrogen) atoms. The van der Waals surface area contributed by atoms with Crippen LogP contribution in [0, 0.1) is 0 Å². The molecule has 1 aromatic rings. The minimum atomic E-state index is -0.0445. The van der Waals surface area contributed by atoms with Crippen LogP contribution in [0.2, 0.25) is 0 Å². The SMILES string of the molecule is CCN1CCCC(C)(Oc2ccc3c(c2)NCCC3)C1. The molecule has 0 aromatic heterocycles. The van der Waals surface area contributed by atoms with Gasteiger partial charge in [0.2, 0.25) is 0 Å².